The van der Waals surface area contributed by atoms with Gasteiger partial charge in [0.2, 0.25) is 0 Å². The van der Waals surface area contributed by atoms with Gasteiger partial charge in [0.15, 0.2) is 0 Å². The minimum absolute atomic E-state index is 0.409. The average molecular weight is 177 g/mol. The maximum atomic E-state index is 4.19. The third kappa shape index (κ3) is 2.83. The molecular weight excluding hydrogens is 160 g/mol. The summed E-state index contributed by atoms with van der Waals surface area (Å²) in [5.41, 5.74) is 1.33. The summed E-state index contributed by atoms with van der Waals surface area (Å²) in [6, 6.07) is 10.9. The van der Waals surface area contributed by atoms with Gasteiger partial charge in [-0.2, -0.15) is 7.05 Å². The first-order valence-electron chi connectivity index (χ1n) is 4.52. The molecule has 2 nitrogen and oxygen atoms in total. The molecule has 0 bridgehead atoms. The van der Waals surface area contributed by atoms with Crippen LogP contribution in [0.4, 0.5) is 0 Å². The van der Waals surface area contributed by atoms with Gasteiger partial charge in [0.05, 0.1) is 0 Å². The van der Waals surface area contributed by atoms with Gasteiger partial charge in [-0.05, 0) is 19.7 Å². The third-order valence-corrected chi connectivity index (χ3v) is 2.16. The fourth-order valence-corrected chi connectivity index (χ4v) is 1.41. The van der Waals surface area contributed by atoms with E-state index in [0.717, 1.165) is 6.54 Å². The highest BCUT2D eigenvalue weighted by molar-refractivity contribution is 5.20. The molecule has 0 saturated heterocycles. The monoisotopic (exact) mass is 177 g/mol. The summed E-state index contributed by atoms with van der Waals surface area (Å²) in [6.45, 7) is 0.858. The van der Waals surface area contributed by atoms with Crippen LogP contribution in [0.2, 0.25) is 0 Å². The quantitative estimate of drug-likeness (QED) is 0.689. The number of hydrogen-bond donors (Lipinski definition) is 0. The lowest BCUT2D eigenvalue weighted by molar-refractivity contribution is 0.314. The largest absolute Gasteiger partial charge is 0.663 e. The number of likely N-dealkylation sites (N-methyl/N-ethyl adjacent to an activating group) is 2. The standard InChI is InChI=1S/C11H17N2/c1-12-9-11(13(2)3)10-7-5-4-6-8-10/h4-8,11H,9H2,1-3H3/q-1. The highest BCUT2D eigenvalue weighted by Gasteiger charge is 2.07. The maximum Gasteiger partial charge on any atom is 0.0154 e. The summed E-state index contributed by atoms with van der Waals surface area (Å²) in [4.78, 5) is 2.20. The SMILES string of the molecule is C[N-]CC(c1ccccc1)N(C)C. The maximum absolute atomic E-state index is 4.19. The molecule has 1 atom stereocenters. The molecule has 0 amide bonds. The van der Waals surface area contributed by atoms with Crippen molar-refractivity contribution in [3.05, 3.63) is 41.2 Å². The van der Waals surface area contributed by atoms with Crippen LogP contribution in [0.15, 0.2) is 30.3 Å². The molecule has 0 heterocycles. The Balaban J connectivity index is 2.76. The Morgan fingerprint density at radius 2 is 1.85 bits per heavy atom. The van der Waals surface area contributed by atoms with Crippen molar-refractivity contribution in [3.8, 4) is 0 Å². The van der Waals surface area contributed by atoms with E-state index in [2.05, 4.69) is 48.6 Å². The predicted octanol–water partition coefficient (Wildman–Crippen LogP) is 2.29. The van der Waals surface area contributed by atoms with E-state index in [-0.39, 0.29) is 0 Å². The van der Waals surface area contributed by atoms with Gasteiger partial charge in [-0.1, -0.05) is 30.3 Å². The van der Waals surface area contributed by atoms with Gasteiger partial charge in [0.25, 0.3) is 0 Å². The normalized spacial score (nSPS) is 13.2. The molecule has 1 rings (SSSR count). The third-order valence-electron chi connectivity index (χ3n) is 2.16. The van der Waals surface area contributed by atoms with Gasteiger partial charge < -0.3 is 10.2 Å². The molecule has 0 spiro atoms. The molecule has 0 aliphatic carbocycles. The molecule has 0 radical (unpaired) electrons. The van der Waals surface area contributed by atoms with Crippen molar-refractivity contribution in [2.24, 2.45) is 0 Å². The van der Waals surface area contributed by atoms with Gasteiger partial charge in [0.1, 0.15) is 0 Å². The van der Waals surface area contributed by atoms with Crippen LogP contribution in [-0.2, 0) is 0 Å². The van der Waals surface area contributed by atoms with E-state index >= 15 is 0 Å². The Hall–Kier alpha value is -0.860. The Morgan fingerprint density at radius 1 is 1.23 bits per heavy atom. The summed E-state index contributed by atoms with van der Waals surface area (Å²) in [7, 11) is 6.03. The van der Waals surface area contributed by atoms with Gasteiger partial charge in [0, 0.05) is 6.04 Å². The van der Waals surface area contributed by atoms with Crippen molar-refractivity contribution < 1.29 is 0 Å². The first-order chi connectivity index (χ1) is 6.25. The summed E-state index contributed by atoms with van der Waals surface area (Å²) in [6.07, 6.45) is 0. The molecule has 1 aromatic carbocycles. The number of benzene rings is 1. The minimum atomic E-state index is 0.409. The van der Waals surface area contributed by atoms with Crippen LogP contribution in [-0.4, -0.2) is 32.6 Å². The zero-order valence-corrected chi connectivity index (χ0v) is 8.57. The summed E-state index contributed by atoms with van der Waals surface area (Å²) in [5, 5.41) is 4.19. The van der Waals surface area contributed by atoms with Gasteiger partial charge >= 0.3 is 0 Å². The number of nitrogens with zero attached hydrogens (tertiary/aromatic N) is 2. The topological polar surface area (TPSA) is 17.3 Å². The van der Waals surface area contributed by atoms with Crippen LogP contribution >= 0.6 is 0 Å². The molecule has 0 aromatic heterocycles. The molecule has 72 valence electrons. The summed E-state index contributed by atoms with van der Waals surface area (Å²) in [5.74, 6) is 0. The van der Waals surface area contributed by atoms with Crippen molar-refractivity contribution in [1.82, 2.24) is 4.90 Å². The van der Waals surface area contributed by atoms with Crippen molar-refractivity contribution in [3.63, 3.8) is 0 Å². The zero-order chi connectivity index (χ0) is 9.68. The van der Waals surface area contributed by atoms with Crippen molar-refractivity contribution in [2.75, 3.05) is 27.7 Å². The fraction of sp³-hybridized carbons (Fsp3) is 0.455. The molecule has 0 aliphatic heterocycles. The Morgan fingerprint density at radius 3 is 2.31 bits per heavy atom. The first-order valence-corrected chi connectivity index (χ1v) is 4.52. The average Bonchev–Trinajstić information content (AvgIpc) is 2.15. The van der Waals surface area contributed by atoms with Crippen LogP contribution < -0.4 is 0 Å². The van der Waals surface area contributed by atoms with Crippen LogP contribution in [0, 0.1) is 0 Å². The molecule has 0 saturated carbocycles. The second-order valence-electron chi connectivity index (χ2n) is 3.39. The second-order valence-corrected chi connectivity index (χ2v) is 3.39. The molecule has 0 N–H and O–H groups in total. The van der Waals surface area contributed by atoms with Crippen LogP contribution in [0.25, 0.3) is 5.32 Å². The van der Waals surface area contributed by atoms with E-state index in [4.69, 9.17) is 0 Å². The summed E-state index contributed by atoms with van der Waals surface area (Å²) < 4.78 is 0. The van der Waals surface area contributed by atoms with E-state index in [1.165, 1.54) is 5.56 Å². The van der Waals surface area contributed by atoms with Gasteiger partial charge in [-0.25, -0.2) is 0 Å². The molecule has 0 fully saturated rings. The van der Waals surface area contributed by atoms with E-state index in [1.807, 2.05) is 13.1 Å². The smallest absolute Gasteiger partial charge is 0.0154 e. The number of rotatable bonds is 4. The fourth-order valence-electron chi connectivity index (χ4n) is 1.41. The highest BCUT2D eigenvalue weighted by atomic mass is 15.1. The number of hydrogen-bond acceptors (Lipinski definition) is 1. The molecule has 13 heavy (non-hydrogen) atoms. The zero-order valence-electron chi connectivity index (χ0n) is 8.57. The van der Waals surface area contributed by atoms with Crippen LogP contribution in [0.3, 0.4) is 0 Å². The molecular formula is C11H17N2-. The van der Waals surface area contributed by atoms with Gasteiger partial charge in [-0.3, -0.25) is 0 Å². The molecule has 2 heteroatoms. The Bertz CT molecular complexity index is 231. The van der Waals surface area contributed by atoms with Gasteiger partial charge in [-0.15, -0.1) is 6.54 Å². The predicted molar refractivity (Wildman–Crippen MR) is 57.0 cm³/mol. The minimum Gasteiger partial charge on any atom is -0.663 e. The second kappa shape index (κ2) is 5.00. The molecule has 0 aliphatic rings. The van der Waals surface area contributed by atoms with Crippen LogP contribution in [0.1, 0.15) is 11.6 Å². The van der Waals surface area contributed by atoms with Crippen LogP contribution in [0.5, 0.6) is 0 Å². The Kier molecular flexibility index (Phi) is 3.93. The van der Waals surface area contributed by atoms with E-state index in [1.54, 1.807) is 0 Å². The lowest BCUT2D eigenvalue weighted by Gasteiger charge is -2.29. The Labute approximate surface area is 80.6 Å². The van der Waals surface area contributed by atoms with E-state index in [0.29, 0.717) is 6.04 Å². The summed E-state index contributed by atoms with van der Waals surface area (Å²) >= 11 is 0. The lowest BCUT2D eigenvalue weighted by Crippen LogP contribution is -2.22. The molecule has 1 unspecified atom stereocenters. The lowest BCUT2D eigenvalue weighted by atomic mass is 10.1. The van der Waals surface area contributed by atoms with E-state index in [9.17, 15) is 0 Å². The van der Waals surface area contributed by atoms with E-state index < -0.39 is 0 Å². The van der Waals surface area contributed by atoms with Crippen molar-refractivity contribution in [1.29, 1.82) is 0 Å². The first kappa shape index (κ1) is 10.2. The molecule has 1 aromatic rings. The van der Waals surface area contributed by atoms with Crippen molar-refractivity contribution >= 4 is 0 Å². The van der Waals surface area contributed by atoms with Crippen molar-refractivity contribution in [2.45, 2.75) is 6.04 Å². The highest BCUT2D eigenvalue weighted by Crippen LogP contribution is 2.18.